The summed E-state index contributed by atoms with van der Waals surface area (Å²) in [4.78, 5) is 24.5. The van der Waals surface area contributed by atoms with E-state index in [0.717, 1.165) is 86.3 Å². The number of thioether (sulfide) groups is 2. The van der Waals surface area contributed by atoms with Crippen molar-refractivity contribution in [2.75, 3.05) is 25.7 Å². The summed E-state index contributed by atoms with van der Waals surface area (Å²) in [5.74, 6) is 3.67. The molecule has 5 rings (SSSR count). The molecule has 0 saturated heterocycles. The first kappa shape index (κ1) is 25.2. The zero-order chi connectivity index (χ0) is 25.5. The van der Waals surface area contributed by atoms with Gasteiger partial charge in [-0.15, -0.1) is 0 Å². The molecule has 37 heavy (non-hydrogen) atoms. The summed E-state index contributed by atoms with van der Waals surface area (Å²) in [7, 11) is 3.35. The summed E-state index contributed by atoms with van der Waals surface area (Å²) in [6.45, 7) is 0. The fraction of sp³-hybridized carbons (Fsp3) is 0.259. The minimum atomic E-state index is 0.718. The predicted octanol–water partition coefficient (Wildman–Crippen LogP) is 6.48. The Hall–Kier alpha value is -3.50. The fourth-order valence-corrected chi connectivity index (χ4v) is 5.62. The lowest BCUT2D eigenvalue weighted by molar-refractivity contribution is 0.414. The van der Waals surface area contributed by atoms with E-state index in [-0.39, 0.29) is 0 Å². The van der Waals surface area contributed by atoms with Gasteiger partial charge in [0.05, 0.1) is 31.8 Å². The van der Waals surface area contributed by atoms with Crippen molar-refractivity contribution in [3.8, 4) is 34.0 Å². The van der Waals surface area contributed by atoms with Gasteiger partial charge in [-0.1, -0.05) is 29.9 Å². The van der Waals surface area contributed by atoms with E-state index in [4.69, 9.17) is 14.5 Å². The van der Waals surface area contributed by atoms with E-state index in [2.05, 4.69) is 37.1 Å². The van der Waals surface area contributed by atoms with Gasteiger partial charge >= 0.3 is 0 Å². The fourth-order valence-electron chi connectivity index (χ4n) is 3.87. The van der Waals surface area contributed by atoms with Crippen LogP contribution in [-0.4, -0.2) is 55.6 Å². The number of benzene rings is 2. The number of H-pyrrole nitrogens is 2. The lowest BCUT2D eigenvalue weighted by Gasteiger charge is -2.06. The van der Waals surface area contributed by atoms with Crippen molar-refractivity contribution < 1.29 is 9.47 Å². The average Bonchev–Trinajstić information content (AvgIpc) is 3.57. The molecular weight excluding hydrogens is 504 g/mol. The largest absolute Gasteiger partial charge is 0.497 e. The van der Waals surface area contributed by atoms with Crippen LogP contribution < -0.4 is 9.47 Å². The van der Waals surface area contributed by atoms with Crippen LogP contribution in [0.15, 0.2) is 71.4 Å². The van der Waals surface area contributed by atoms with E-state index in [1.54, 1.807) is 43.9 Å². The molecule has 0 unspecified atom stereocenters. The summed E-state index contributed by atoms with van der Waals surface area (Å²) in [5.41, 5.74) is 5.64. The molecule has 2 aromatic carbocycles. The lowest BCUT2D eigenvalue weighted by Crippen LogP contribution is -1.87. The first-order valence-corrected chi connectivity index (χ1v) is 14.0. The molecule has 0 atom stereocenters. The quantitative estimate of drug-likeness (QED) is 0.139. The number of aromatic nitrogens is 6. The minimum absolute atomic E-state index is 0.718. The predicted molar refractivity (Wildman–Crippen MR) is 150 cm³/mol. The molecule has 0 aliphatic rings. The Labute approximate surface area is 224 Å². The van der Waals surface area contributed by atoms with Gasteiger partial charge in [0, 0.05) is 22.6 Å². The van der Waals surface area contributed by atoms with Gasteiger partial charge in [-0.3, -0.25) is 0 Å². The van der Waals surface area contributed by atoms with E-state index in [1.807, 2.05) is 36.4 Å². The number of rotatable bonds is 12. The third kappa shape index (κ3) is 6.26. The number of nitrogens with one attached hydrogen (secondary N) is 2. The highest BCUT2D eigenvalue weighted by molar-refractivity contribution is 7.99. The standard InChI is InChI=1S/C27H28N6O2S2/c1-34-20-10-6-18(7-11-20)23-24(19-8-12-21(35-2)13-9-19)32-27(31-23)37-15-5-3-4-14-36-26-30-22-16-28-17-29-25(22)33-26/h6-13,16-17H,3-5,14-15H2,1-2H3,(H,31,32)(H,28,29,30,33). The van der Waals surface area contributed by atoms with Crippen LogP contribution in [0.25, 0.3) is 33.7 Å². The molecule has 0 bridgehead atoms. The summed E-state index contributed by atoms with van der Waals surface area (Å²) in [6, 6.07) is 16.1. The zero-order valence-corrected chi connectivity index (χ0v) is 22.4. The van der Waals surface area contributed by atoms with Crippen molar-refractivity contribution in [2.45, 2.75) is 29.6 Å². The van der Waals surface area contributed by atoms with E-state index in [1.165, 1.54) is 6.33 Å². The number of hydrogen-bond acceptors (Lipinski definition) is 8. The van der Waals surface area contributed by atoms with Crippen LogP contribution in [-0.2, 0) is 0 Å². The average molecular weight is 533 g/mol. The highest BCUT2D eigenvalue weighted by atomic mass is 32.2. The van der Waals surface area contributed by atoms with Crippen LogP contribution in [0.5, 0.6) is 11.5 Å². The van der Waals surface area contributed by atoms with Gasteiger partial charge < -0.3 is 19.4 Å². The molecule has 0 radical (unpaired) electrons. The van der Waals surface area contributed by atoms with Crippen molar-refractivity contribution in [3.63, 3.8) is 0 Å². The van der Waals surface area contributed by atoms with Gasteiger partial charge in [-0.25, -0.2) is 19.9 Å². The molecule has 2 N–H and O–H groups in total. The third-order valence-corrected chi connectivity index (χ3v) is 7.75. The number of aromatic amines is 2. The summed E-state index contributed by atoms with van der Waals surface area (Å²) in [6.07, 6.45) is 6.67. The molecule has 0 spiro atoms. The Bertz CT molecular complexity index is 1340. The van der Waals surface area contributed by atoms with Gasteiger partial charge in [0.2, 0.25) is 0 Å². The van der Waals surface area contributed by atoms with Crippen molar-refractivity contribution in [1.82, 2.24) is 29.9 Å². The van der Waals surface area contributed by atoms with Gasteiger partial charge in [0.1, 0.15) is 23.3 Å². The van der Waals surface area contributed by atoms with E-state index < -0.39 is 0 Å². The van der Waals surface area contributed by atoms with Crippen molar-refractivity contribution in [3.05, 3.63) is 61.1 Å². The van der Waals surface area contributed by atoms with Gasteiger partial charge in [-0.2, -0.15) is 0 Å². The summed E-state index contributed by atoms with van der Waals surface area (Å²) < 4.78 is 10.7. The minimum Gasteiger partial charge on any atom is -0.497 e. The molecule has 3 aromatic heterocycles. The van der Waals surface area contributed by atoms with Crippen molar-refractivity contribution in [1.29, 1.82) is 0 Å². The van der Waals surface area contributed by atoms with Gasteiger partial charge in [0.15, 0.2) is 16.0 Å². The Kier molecular flexibility index (Phi) is 8.27. The molecule has 0 fully saturated rings. The molecule has 0 aliphatic heterocycles. The first-order valence-electron chi connectivity index (χ1n) is 12.0. The number of imidazole rings is 2. The Morgan fingerprint density at radius 2 is 1.35 bits per heavy atom. The van der Waals surface area contributed by atoms with E-state index in [9.17, 15) is 0 Å². The SMILES string of the molecule is COc1ccc(-c2nc(SCCCCCSc3nc4ncncc4[nH]3)[nH]c2-c2ccc(OC)cc2)cc1. The van der Waals surface area contributed by atoms with E-state index >= 15 is 0 Å². The molecule has 5 aromatic rings. The van der Waals surface area contributed by atoms with Gasteiger partial charge in [0.25, 0.3) is 0 Å². The molecule has 10 heteroatoms. The van der Waals surface area contributed by atoms with Crippen LogP contribution in [0, 0.1) is 0 Å². The van der Waals surface area contributed by atoms with Crippen molar-refractivity contribution >= 4 is 34.7 Å². The molecule has 0 saturated carbocycles. The Morgan fingerprint density at radius 1 is 0.730 bits per heavy atom. The molecule has 190 valence electrons. The second-order valence-electron chi connectivity index (χ2n) is 8.28. The number of fused-ring (bicyclic) bond motifs is 1. The summed E-state index contributed by atoms with van der Waals surface area (Å²) >= 11 is 3.49. The van der Waals surface area contributed by atoms with Crippen LogP contribution in [0.2, 0.25) is 0 Å². The normalized spacial score (nSPS) is 11.2. The highest BCUT2D eigenvalue weighted by Crippen LogP contribution is 2.34. The molecule has 3 heterocycles. The Balaban J connectivity index is 1.17. The van der Waals surface area contributed by atoms with Crippen LogP contribution in [0.3, 0.4) is 0 Å². The number of ether oxygens (including phenoxy) is 2. The third-order valence-electron chi connectivity index (χ3n) is 5.83. The summed E-state index contributed by atoms with van der Waals surface area (Å²) in [5, 5.41) is 1.83. The number of unbranched alkanes of at least 4 members (excludes halogenated alkanes) is 2. The maximum Gasteiger partial charge on any atom is 0.181 e. The second kappa shape index (κ2) is 12.2. The van der Waals surface area contributed by atoms with Crippen LogP contribution >= 0.6 is 23.5 Å². The zero-order valence-electron chi connectivity index (χ0n) is 20.7. The number of nitrogens with zero attached hydrogens (tertiary/aromatic N) is 4. The van der Waals surface area contributed by atoms with E-state index in [0.29, 0.717) is 0 Å². The highest BCUT2D eigenvalue weighted by Gasteiger charge is 2.15. The maximum atomic E-state index is 5.33. The van der Waals surface area contributed by atoms with Crippen molar-refractivity contribution in [2.24, 2.45) is 0 Å². The topological polar surface area (TPSA) is 102 Å². The smallest absolute Gasteiger partial charge is 0.181 e. The molecular formula is C27H28N6O2S2. The Morgan fingerprint density at radius 3 is 1.97 bits per heavy atom. The molecule has 8 nitrogen and oxygen atoms in total. The second-order valence-corrected chi connectivity index (χ2v) is 10.4. The number of hydrogen-bond donors (Lipinski definition) is 2. The van der Waals surface area contributed by atoms with Crippen LogP contribution in [0.1, 0.15) is 19.3 Å². The maximum absolute atomic E-state index is 5.33. The first-order chi connectivity index (χ1) is 18.2. The van der Waals surface area contributed by atoms with Gasteiger partial charge in [-0.05, 0) is 61.4 Å². The van der Waals surface area contributed by atoms with Crippen LogP contribution in [0.4, 0.5) is 0 Å². The lowest BCUT2D eigenvalue weighted by atomic mass is 10.0. The molecule has 0 aliphatic carbocycles. The monoisotopic (exact) mass is 532 g/mol. The number of methoxy groups -OCH3 is 2. The molecule has 0 amide bonds.